The molecule has 0 aliphatic carbocycles. The van der Waals surface area contributed by atoms with Crippen molar-refractivity contribution in [3.63, 3.8) is 0 Å². The molecule has 0 saturated carbocycles. The molecular weight excluding hydrogens is 134 g/mol. The summed E-state index contributed by atoms with van der Waals surface area (Å²) >= 11 is 0. The molecule has 64 valence electrons. The van der Waals surface area contributed by atoms with Crippen LogP contribution in [0.25, 0.3) is 0 Å². The summed E-state index contributed by atoms with van der Waals surface area (Å²) in [7, 11) is 0. The third-order valence-electron chi connectivity index (χ3n) is 3.52. The van der Waals surface area contributed by atoms with Gasteiger partial charge in [-0.25, -0.2) is 0 Å². The molecule has 0 aromatic rings. The van der Waals surface area contributed by atoms with Crippen molar-refractivity contribution >= 4 is 0 Å². The second-order valence-corrected chi connectivity index (χ2v) is 4.31. The summed E-state index contributed by atoms with van der Waals surface area (Å²) in [6, 6.07) is 2.69. The van der Waals surface area contributed by atoms with Crippen LogP contribution in [0.5, 0.6) is 0 Å². The molecule has 2 heterocycles. The zero-order valence-corrected chi connectivity index (χ0v) is 7.71. The number of rotatable bonds is 0. The average Bonchev–Trinajstić information content (AvgIpc) is 2.34. The lowest BCUT2D eigenvalue weighted by molar-refractivity contribution is 0.0997. The standard InChI is InChI=1S/C10H19N/c1-8-4-3-5-10-7-6-9(2)11(8)10/h8-10H,3-7H2,1-2H3. The lowest BCUT2D eigenvalue weighted by atomic mass is 9.97. The van der Waals surface area contributed by atoms with E-state index in [4.69, 9.17) is 0 Å². The molecule has 1 nitrogen and oxygen atoms in total. The summed E-state index contributed by atoms with van der Waals surface area (Å²) in [5, 5.41) is 0. The third-order valence-corrected chi connectivity index (χ3v) is 3.52. The van der Waals surface area contributed by atoms with Crippen LogP contribution >= 0.6 is 0 Å². The fourth-order valence-electron chi connectivity index (χ4n) is 2.98. The maximum atomic E-state index is 2.75. The normalized spacial score (nSPS) is 45.8. The molecule has 2 aliphatic heterocycles. The van der Waals surface area contributed by atoms with E-state index in [9.17, 15) is 0 Å². The molecule has 2 fully saturated rings. The summed E-state index contributed by atoms with van der Waals surface area (Å²) < 4.78 is 0. The molecule has 0 spiro atoms. The van der Waals surface area contributed by atoms with Crippen LogP contribution in [0.1, 0.15) is 46.0 Å². The van der Waals surface area contributed by atoms with Gasteiger partial charge in [0, 0.05) is 18.1 Å². The van der Waals surface area contributed by atoms with Gasteiger partial charge in [-0.15, -0.1) is 0 Å². The van der Waals surface area contributed by atoms with Crippen LogP contribution < -0.4 is 0 Å². The van der Waals surface area contributed by atoms with Gasteiger partial charge in [-0.1, -0.05) is 6.42 Å². The molecular formula is C10H19N. The number of fused-ring (bicyclic) bond motifs is 1. The van der Waals surface area contributed by atoms with Gasteiger partial charge < -0.3 is 0 Å². The number of nitrogens with zero attached hydrogens (tertiary/aromatic N) is 1. The van der Waals surface area contributed by atoms with Crippen molar-refractivity contribution in [1.29, 1.82) is 0 Å². The SMILES string of the molecule is CC1CCCC2CCC(C)N12. The van der Waals surface area contributed by atoms with Gasteiger partial charge in [0.25, 0.3) is 0 Å². The fraction of sp³-hybridized carbons (Fsp3) is 1.00. The van der Waals surface area contributed by atoms with E-state index in [1.54, 1.807) is 0 Å². The quantitative estimate of drug-likeness (QED) is 0.516. The van der Waals surface area contributed by atoms with Gasteiger partial charge >= 0.3 is 0 Å². The van der Waals surface area contributed by atoms with E-state index in [2.05, 4.69) is 18.7 Å². The van der Waals surface area contributed by atoms with Crippen LogP contribution in [-0.2, 0) is 0 Å². The highest BCUT2D eigenvalue weighted by molar-refractivity contribution is 4.91. The molecule has 1 heteroatoms. The van der Waals surface area contributed by atoms with E-state index in [0.717, 1.165) is 18.1 Å². The van der Waals surface area contributed by atoms with Crippen molar-refractivity contribution < 1.29 is 0 Å². The van der Waals surface area contributed by atoms with Crippen molar-refractivity contribution in [3.05, 3.63) is 0 Å². The lowest BCUT2D eigenvalue weighted by Crippen LogP contribution is -2.44. The summed E-state index contributed by atoms with van der Waals surface area (Å²) in [4.78, 5) is 2.75. The Morgan fingerprint density at radius 2 is 1.64 bits per heavy atom. The summed E-state index contributed by atoms with van der Waals surface area (Å²) in [5.74, 6) is 0. The number of hydrogen-bond donors (Lipinski definition) is 0. The Morgan fingerprint density at radius 3 is 2.36 bits per heavy atom. The zero-order valence-electron chi connectivity index (χ0n) is 7.71. The van der Waals surface area contributed by atoms with E-state index in [-0.39, 0.29) is 0 Å². The first-order chi connectivity index (χ1) is 5.29. The van der Waals surface area contributed by atoms with Crippen LogP contribution in [0.3, 0.4) is 0 Å². The zero-order chi connectivity index (χ0) is 7.84. The van der Waals surface area contributed by atoms with E-state index >= 15 is 0 Å². The molecule has 2 aliphatic rings. The Balaban J connectivity index is 2.08. The molecule has 0 amide bonds. The smallest absolute Gasteiger partial charge is 0.0101 e. The van der Waals surface area contributed by atoms with Crippen molar-refractivity contribution in [2.45, 2.75) is 64.1 Å². The second-order valence-electron chi connectivity index (χ2n) is 4.31. The monoisotopic (exact) mass is 153 g/mol. The molecule has 3 unspecified atom stereocenters. The van der Waals surface area contributed by atoms with Gasteiger partial charge in [-0.05, 0) is 39.5 Å². The first-order valence-electron chi connectivity index (χ1n) is 5.06. The van der Waals surface area contributed by atoms with Crippen molar-refractivity contribution in [3.8, 4) is 0 Å². The summed E-state index contributed by atoms with van der Waals surface area (Å²) in [5.41, 5.74) is 0. The summed E-state index contributed by atoms with van der Waals surface area (Å²) in [6.07, 6.45) is 7.27. The second kappa shape index (κ2) is 2.78. The largest absolute Gasteiger partial charge is 0.295 e. The first-order valence-corrected chi connectivity index (χ1v) is 5.06. The Hall–Kier alpha value is -0.0400. The first kappa shape index (κ1) is 7.60. The Bertz CT molecular complexity index is 142. The summed E-state index contributed by atoms with van der Waals surface area (Å²) in [6.45, 7) is 4.79. The van der Waals surface area contributed by atoms with Gasteiger partial charge in [0.05, 0.1) is 0 Å². The molecule has 0 aromatic heterocycles. The Morgan fingerprint density at radius 1 is 0.909 bits per heavy atom. The minimum atomic E-state index is 0.867. The highest BCUT2D eigenvalue weighted by Crippen LogP contribution is 2.34. The maximum Gasteiger partial charge on any atom is 0.0101 e. The van der Waals surface area contributed by atoms with Gasteiger partial charge in [0.1, 0.15) is 0 Å². The topological polar surface area (TPSA) is 3.24 Å². The molecule has 11 heavy (non-hydrogen) atoms. The predicted molar refractivity (Wildman–Crippen MR) is 47.6 cm³/mol. The highest BCUT2D eigenvalue weighted by atomic mass is 15.2. The molecule has 0 N–H and O–H groups in total. The highest BCUT2D eigenvalue weighted by Gasteiger charge is 2.35. The van der Waals surface area contributed by atoms with E-state index in [1.807, 2.05) is 0 Å². The van der Waals surface area contributed by atoms with Crippen molar-refractivity contribution in [2.24, 2.45) is 0 Å². The molecule has 2 rings (SSSR count). The van der Waals surface area contributed by atoms with E-state index in [1.165, 1.54) is 32.1 Å². The maximum absolute atomic E-state index is 2.75. The van der Waals surface area contributed by atoms with Crippen LogP contribution in [0.4, 0.5) is 0 Å². The van der Waals surface area contributed by atoms with Crippen molar-refractivity contribution in [1.82, 2.24) is 4.90 Å². The number of piperidine rings is 1. The molecule has 0 radical (unpaired) electrons. The minimum absolute atomic E-state index is 0.867. The minimum Gasteiger partial charge on any atom is -0.295 e. The molecule has 2 saturated heterocycles. The van der Waals surface area contributed by atoms with Gasteiger partial charge in [0.15, 0.2) is 0 Å². The molecule has 0 aromatic carbocycles. The van der Waals surface area contributed by atoms with Crippen LogP contribution in [0.2, 0.25) is 0 Å². The number of hydrogen-bond acceptors (Lipinski definition) is 1. The van der Waals surface area contributed by atoms with E-state index in [0.29, 0.717) is 0 Å². The third kappa shape index (κ3) is 1.20. The average molecular weight is 153 g/mol. The van der Waals surface area contributed by atoms with Crippen LogP contribution in [0, 0.1) is 0 Å². The van der Waals surface area contributed by atoms with Crippen molar-refractivity contribution in [2.75, 3.05) is 0 Å². The predicted octanol–water partition coefficient (Wildman–Crippen LogP) is 2.41. The fourth-order valence-corrected chi connectivity index (χ4v) is 2.98. The van der Waals surface area contributed by atoms with Gasteiger partial charge in [-0.3, -0.25) is 4.90 Å². The van der Waals surface area contributed by atoms with E-state index < -0.39 is 0 Å². The van der Waals surface area contributed by atoms with Crippen LogP contribution in [-0.4, -0.2) is 23.0 Å². The van der Waals surface area contributed by atoms with Crippen LogP contribution in [0.15, 0.2) is 0 Å². The molecule has 3 atom stereocenters. The Labute approximate surface area is 69.8 Å². The Kier molecular flexibility index (Phi) is 1.92. The molecule has 0 bridgehead atoms. The lowest BCUT2D eigenvalue weighted by Gasteiger charge is -2.38. The van der Waals surface area contributed by atoms with Gasteiger partial charge in [-0.2, -0.15) is 0 Å². The van der Waals surface area contributed by atoms with Gasteiger partial charge in [0.2, 0.25) is 0 Å².